The van der Waals surface area contributed by atoms with Gasteiger partial charge < -0.3 is 8.83 Å². The van der Waals surface area contributed by atoms with Gasteiger partial charge in [-0.1, -0.05) is 178 Å². The molecule has 0 spiro atoms. The smallest absolute Gasteiger partial charge is 0.230 e. The first-order chi connectivity index (χ1) is 35.3. The molecule has 0 aliphatic rings. The second-order valence-electron chi connectivity index (χ2n) is 20.5. The molecule has 15 rings (SSSR count). The third-order valence-electron chi connectivity index (χ3n) is 15.3. The Morgan fingerprint density at radius 2 is 0.792 bits per heavy atom. The molecule has 3 aromatic heterocycles. The molecule has 0 aliphatic heterocycles. The standard InChI is InChI=1S/C68H44N2O2/c1-68(2,3)45-27-23-39(24-28-45)46-21-12-22-57-56-30-26-41(35-63(56)71-65(46)57)43-31-42(40-25-29-55-51-17-5-4-13-47(51)48-14-6-9-18-52(48)58(55)34-40)32-44(33-43)66-69-38-62-61-36-59-53-19-10-7-15-49(53)50-16-8-11-20-54(50)60(59)37-64(61)72-67(62)70-66/h4-38H,1-3H3. The molecule has 4 nitrogen and oxygen atoms in total. The molecule has 72 heavy (non-hydrogen) atoms. The van der Waals surface area contributed by atoms with E-state index in [4.69, 9.17) is 18.8 Å². The number of aromatic nitrogens is 2. The van der Waals surface area contributed by atoms with E-state index in [0.29, 0.717) is 11.5 Å². The van der Waals surface area contributed by atoms with Crippen molar-refractivity contribution in [1.29, 1.82) is 0 Å². The van der Waals surface area contributed by atoms with Gasteiger partial charge in [0, 0.05) is 33.5 Å². The Bertz CT molecular complexity index is 4740. The van der Waals surface area contributed by atoms with Gasteiger partial charge in [0.2, 0.25) is 5.71 Å². The van der Waals surface area contributed by atoms with Gasteiger partial charge in [-0.25, -0.2) is 4.98 Å². The molecule has 0 radical (unpaired) electrons. The summed E-state index contributed by atoms with van der Waals surface area (Å²) in [5, 5.41) is 18.7. The largest absolute Gasteiger partial charge is 0.455 e. The summed E-state index contributed by atoms with van der Waals surface area (Å²) in [4.78, 5) is 10.4. The van der Waals surface area contributed by atoms with Gasteiger partial charge in [-0.15, -0.1) is 0 Å². The highest BCUT2D eigenvalue weighted by Gasteiger charge is 2.20. The Labute approximate surface area is 414 Å². The normalized spacial score (nSPS) is 12.4. The second kappa shape index (κ2) is 15.2. The van der Waals surface area contributed by atoms with E-state index in [9.17, 15) is 0 Å². The molecule has 12 aromatic carbocycles. The summed E-state index contributed by atoms with van der Waals surface area (Å²) in [6, 6.07) is 74.8. The summed E-state index contributed by atoms with van der Waals surface area (Å²) in [6.07, 6.45) is 1.94. The van der Waals surface area contributed by atoms with Crippen molar-refractivity contribution in [3.8, 4) is 44.8 Å². The molecule has 0 amide bonds. The molecule has 0 aliphatic carbocycles. The zero-order valence-corrected chi connectivity index (χ0v) is 39.9. The monoisotopic (exact) mass is 920 g/mol. The molecular formula is C68H44N2O2. The van der Waals surface area contributed by atoms with Crippen molar-refractivity contribution in [1.82, 2.24) is 9.97 Å². The summed E-state index contributed by atoms with van der Waals surface area (Å²) >= 11 is 0. The molecule has 0 fully saturated rings. The predicted molar refractivity (Wildman–Crippen MR) is 302 cm³/mol. The number of benzene rings is 12. The summed E-state index contributed by atoms with van der Waals surface area (Å²) < 4.78 is 13.6. The molecule has 0 saturated heterocycles. The van der Waals surface area contributed by atoms with E-state index >= 15 is 0 Å². The number of nitrogens with zero attached hydrogens (tertiary/aromatic N) is 2. The van der Waals surface area contributed by atoms with Crippen LogP contribution in [0.5, 0.6) is 0 Å². The molecule has 15 aromatic rings. The second-order valence-corrected chi connectivity index (χ2v) is 20.5. The SMILES string of the molecule is CC(C)(C)c1ccc(-c2cccc3c2oc2cc(-c4cc(-c5ccc6c7ccccc7c7ccccc7c6c5)cc(-c5ncc6c(n5)oc5cc7c8ccccc8c8ccccc8c7cc56)c4)ccc23)cc1. The number of rotatable bonds is 4. The average Bonchev–Trinajstić information content (AvgIpc) is 3.99. The summed E-state index contributed by atoms with van der Waals surface area (Å²) in [7, 11) is 0. The van der Waals surface area contributed by atoms with Gasteiger partial charge in [-0.05, 0) is 152 Å². The van der Waals surface area contributed by atoms with Crippen LogP contribution in [0.25, 0.3) is 153 Å². The van der Waals surface area contributed by atoms with E-state index in [1.54, 1.807) is 0 Å². The minimum Gasteiger partial charge on any atom is -0.455 e. The van der Waals surface area contributed by atoms with E-state index in [0.717, 1.165) is 82.6 Å². The van der Waals surface area contributed by atoms with Crippen molar-refractivity contribution < 1.29 is 8.83 Å². The lowest BCUT2D eigenvalue weighted by Gasteiger charge is -2.19. The Kier molecular flexibility index (Phi) is 8.59. The van der Waals surface area contributed by atoms with Gasteiger partial charge in [-0.2, -0.15) is 4.98 Å². The van der Waals surface area contributed by atoms with Crippen LogP contribution in [0.1, 0.15) is 26.3 Å². The Morgan fingerprint density at radius 1 is 0.319 bits per heavy atom. The van der Waals surface area contributed by atoms with Crippen LogP contribution >= 0.6 is 0 Å². The maximum atomic E-state index is 6.87. The third-order valence-corrected chi connectivity index (χ3v) is 15.3. The van der Waals surface area contributed by atoms with Gasteiger partial charge in [-0.3, -0.25) is 0 Å². The Balaban J connectivity index is 0.917. The number of fused-ring (bicyclic) bond motifs is 18. The van der Waals surface area contributed by atoms with Crippen LogP contribution in [0.15, 0.2) is 221 Å². The Morgan fingerprint density at radius 3 is 1.39 bits per heavy atom. The van der Waals surface area contributed by atoms with E-state index in [1.807, 2.05) is 6.20 Å². The van der Waals surface area contributed by atoms with Crippen LogP contribution in [0, 0.1) is 0 Å². The van der Waals surface area contributed by atoms with Gasteiger partial charge in [0.15, 0.2) is 5.82 Å². The first-order valence-corrected chi connectivity index (χ1v) is 24.8. The van der Waals surface area contributed by atoms with Crippen molar-refractivity contribution >= 4 is 109 Å². The van der Waals surface area contributed by atoms with Crippen LogP contribution in [0.2, 0.25) is 0 Å². The van der Waals surface area contributed by atoms with Crippen LogP contribution in [0.4, 0.5) is 0 Å². The van der Waals surface area contributed by atoms with Gasteiger partial charge in [0.25, 0.3) is 0 Å². The lowest BCUT2D eigenvalue weighted by atomic mass is 9.86. The first-order valence-electron chi connectivity index (χ1n) is 24.8. The molecule has 0 saturated carbocycles. The zero-order chi connectivity index (χ0) is 47.8. The predicted octanol–water partition coefficient (Wildman–Crippen LogP) is 19.2. The highest BCUT2D eigenvalue weighted by Crippen LogP contribution is 2.43. The Hall–Kier alpha value is -9.12. The number of hydrogen-bond acceptors (Lipinski definition) is 4. The zero-order valence-electron chi connectivity index (χ0n) is 39.9. The van der Waals surface area contributed by atoms with Crippen LogP contribution in [-0.2, 0) is 5.41 Å². The maximum absolute atomic E-state index is 6.87. The maximum Gasteiger partial charge on any atom is 0.230 e. The highest BCUT2D eigenvalue weighted by atomic mass is 16.3. The number of furan rings is 2. The van der Waals surface area contributed by atoms with E-state index in [2.05, 4.69) is 227 Å². The van der Waals surface area contributed by atoms with Crippen LogP contribution in [-0.4, -0.2) is 9.97 Å². The van der Waals surface area contributed by atoms with E-state index < -0.39 is 0 Å². The minimum atomic E-state index is 0.0724. The van der Waals surface area contributed by atoms with Crippen molar-refractivity contribution in [2.24, 2.45) is 0 Å². The number of para-hydroxylation sites is 1. The quantitative estimate of drug-likeness (QED) is 0.165. The van der Waals surface area contributed by atoms with Crippen molar-refractivity contribution in [3.05, 3.63) is 218 Å². The van der Waals surface area contributed by atoms with Gasteiger partial charge in [0.05, 0.1) is 5.39 Å². The third kappa shape index (κ3) is 6.18. The molecule has 0 unspecified atom stereocenters. The fourth-order valence-electron chi connectivity index (χ4n) is 11.6. The molecule has 0 N–H and O–H groups in total. The van der Waals surface area contributed by atoms with Crippen molar-refractivity contribution in [3.63, 3.8) is 0 Å². The summed E-state index contributed by atoms with van der Waals surface area (Å²) in [6.45, 7) is 6.75. The van der Waals surface area contributed by atoms with Gasteiger partial charge in [0.1, 0.15) is 16.7 Å². The number of hydrogen-bond donors (Lipinski definition) is 0. The molecule has 338 valence electrons. The topological polar surface area (TPSA) is 52.1 Å². The van der Waals surface area contributed by atoms with E-state index in [1.165, 1.54) is 64.8 Å². The fourth-order valence-corrected chi connectivity index (χ4v) is 11.6. The lowest BCUT2D eigenvalue weighted by molar-refractivity contribution is 0.590. The molecule has 0 bridgehead atoms. The van der Waals surface area contributed by atoms with Crippen molar-refractivity contribution in [2.45, 2.75) is 26.2 Å². The van der Waals surface area contributed by atoms with Crippen LogP contribution in [0.3, 0.4) is 0 Å². The fraction of sp³-hybridized carbons (Fsp3) is 0.0588. The summed E-state index contributed by atoms with van der Waals surface area (Å²) in [5.74, 6) is 0.592. The first kappa shape index (κ1) is 40.7. The molecule has 0 atom stereocenters. The van der Waals surface area contributed by atoms with E-state index in [-0.39, 0.29) is 5.41 Å². The lowest BCUT2D eigenvalue weighted by Crippen LogP contribution is -2.10. The molecule has 4 heteroatoms. The molecular weight excluding hydrogens is 877 g/mol. The molecule has 3 heterocycles. The minimum absolute atomic E-state index is 0.0724. The average molecular weight is 921 g/mol. The highest BCUT2D eigenvalue weighted by molar-refractivity contribution is 6.28. The van der Waals surface area contributed by atoms with Crippen molar-refractivity contribution in [2.75, 3.05) is 0 Å². The van der Waals surface area contributed by atoms with Gasteiger partial charge >= 0.3 is 0 Å². The summed E-state index contributed by atoms with van der Waals surface area (Å²) in [5.41, 5.74) is 11.8. The van der Waals surface area contributed by atoms with Crippen LogP contribution < -0.4 is 0 Å².